The molecule has 1 aromatic carbocycles. The minimum absolute atomic E-state index is 0.174. The second-order valence-electron chi connectivity index (χ2n) is 4.02. The predicted octanol–water partition coefficient (Wildman–Crippen LogP) is 3.65. The lowest BCUT2D eigenvalue weighted by Gasteiger charge is -1.97. The Labute approximate surface area is 114 Å². The van der Waals surface area contributed by atoms with Crippen LogP contribution < -0.4 is 0 Å². The van der Waals surface area contributed by atoms with Gasteiger partial charge in [-0.05, 0) is 36.3 Å². The Morgan fingerprint density at radius 3 is 2.42 bits per heavy atom. The average Bonchev–Trinajstić information content (AvgIpc) is 2.87. The highest BCUT2D eigenvalue weighted by molar-refractivity contribution is 7.16. The molecule has 3 nitrogen and oxygen atoms in total. The van der Waals surface area contributed by atoms with Crippen LogP contribution in [0.5, 0.6) is 0 Å². The predicted molar refractivity (Wildman–Crippen MR) is 75.8 cm³/mol. The van der Waals surface area contributed by atoms with Crippen molar-refractivity contribution in [1.82, 2.24) is 0 Å². The van der Waals surface area contributed by atoms with E-state index in [-0.39, 0.29) is 10.7 Å². The second kappa shape index (κ2) is 5.63. The zero-order valence-electron chi connectivity index (χ0n) is 10.3. The first-order valence-corrected chi connectivity index (χ1v) is 6.51. The van der Waals surface area contributed by atoms with Crippen molar-refractivity contribution >= 4 is 29.2 Å². The Hall–Kier alpha value is -2.20. The number of aromatic carboxylic acids is 1. The van der Waals surface area contributed by atoms with Gasteiger partial charge in [0.05, 0.1) is 4.88 Å². The third-order valence-electron chi connectivity index (χ3n) is 2.66. The quantitative estimate of drug-likeness (QED) is 0.682. The number of allylic oxidation sites excluding steroid dienone is 1. The van der Waals surface area contributed by atoms with E-state index in [1.807, 2.05) is 31.2 Å². The lowest BCUT2D eigenvalue weighted by molar-refractivity contribution is 0.0702. The van der Waals surface area contributed by atoms with Crippen LogP contribution in [0.25, 0.3) is 6.08 Å². The molecule has 0 spiro atoms. The van der Waals surface area contributed by atoms with Crippen LogP contribution in [-0.4, -0.2) is 16.9 Å². The average molecular weight is 272 g/mol. The number of ketones is 1. The van der Waals surface area contributed by atoms with Gasteiger partial charge in [0, 0.05) is 0 Å². The molecule has 0 saturated carbocycles. The van der Waals surface area contributed by atoms with Gasteiger partial charge in [0.1, 0.15) is 4.88 Å². The van der Waals surface area contributed by atoms with Crippen LogP contribution in [0.15, 0.2) is 42.5 Å². The highest BCUT2D eigenvalue weighted by Crippen LogP contribution is 2.18. The minimum Gasteiger partial charge on any atom is -0.477 e. The Morgan fingerprint density at radius 1 is 1.11 bits per heavy atom. The molecule has 0 aliphatic rings. The molecule has 0 atom stereocenters. The van der Waals surface area contributed by atoms with E-state index in [1.54, 1.807) is 12.1 Å². The van der Waals surface area contributed by atoms with E-state index in [4.69, 9.17) is 5.11 Å². The maximum Gasteiger partial charge on any atom is 0.345 e. The minimum atomic E-state index is -1.01. The summed E-state index contributed by atoms with van der Waals surface area (Å²) in [7, 11) is 0. The molecule has 19 heavy (non-hydrogen) atoms. The lowest BCUT2D eigenvalue weighted by atomic mass is 10.1. The van der Waals surface area contributed by atoms with Gasteiger partial charge in [-0.1, -0.05) is 30.3 Å². The van der Waals surface area contributed by atoms with Crippen LogP contribution in [0.2, 0.25) is 0 Å². The van der Waals surface area contributed by atoms with E-state index in [1.165, 1.54) is 12.1 Å². The van der Waals surface area contributed by atoms with E-state index in [9.17, 15) is 9.59 Å². The second-order valence-corrected chi connectivity index (χ2v) is 5.11. The van der Waals surface area contributed by atoms with Crippen molar-refractivity contribution in [2.75, 3.05) is 0 Å². The van der Waals surface area contributed by atoms with Crippen molar-refractivity contribution < 1.29 is 14.7 Å². The number of carbonyl (C=O) groups excluding carboxylic acids is 1. The summed E-state index contributed by atoms with van der Waals surface area (Å²) >= 11 is 0.988. The van der Waals surface area contributed by atoms with Gasteiger partial charge in [0.2, 0.25) is 0 Å². The topological polar surface area (TPSA) is 54.4 Å². The molecule has 96 valence electrons. The van der Waals surface area contributed by atoms with Crippen molar-refractivity contribution in [2.45, 2.75) is 6.92 Å². The zero-order chi connectivity index (χ0) is 13.8. The standard InChI is InChI=1S/C15H12O3S/c1-10-4-2-3-5-11(10)6-7-12(16)13-8-9-14(19-13)15(17)18/h2-9H,1H3,(H,17,18)/b7-6+. The van der Waals surface area contributed by atoms with Crippen molar-refractivity contribution in [3.05, 3.63) is 63.4 Å². The van der Waals surface area contributed by atoms with Gasteiger partial charge in [0.25, 0.3) is 0 Å². The van der Waals surface area contributed by atoms with Crippen molar-refractivity contribution in [3.63, 3.8) is 0 Å². The highest BCUT2D eigenvalue weighted by atomic mass is 32.1. The number of hydrogen-bond acceptors (Lipinski definition) is 3. The summed E-state index contributed by atoms with van der Waals surface area (Å²) in [5.74, 6) is -1.19. The summed E-state index contributed by atoms with van der Waals surface area (Å²) in [6, 6.07) is 10.7. The molecule has 1 aromatic heterocycles. The van der Waals surface area contributed by atoms with Crippen LogP contribution in [-0.2, 0) is 0 Å². The molecule has 0 saturated heterocycles. The monoisotopic (exact) mass is 272 g/mol. The summed E-state index contributed by atoms with van der Waals surface area (Å²) in [5.41, 5.74) is 2.06. The van der Waals surface area contributed by atoms with Gasteiger partial charge in [-0.2, -0.15) is 0 Å². The number of aryl methyl sites for hydroxylation is 1. The number of thiophene rings is 1. The largest absolute Gasteiger partial charge is 0.477 e. The molecule has 0 aliphatic heterocycles. The molecule has 0 aliphatic carbocycles. The smallest absolute Gasteiger partial charge is 0.345 e. The van der Waals surface area contributed by atoms with Crippen LogP contribution in [0, 0.1) is 6.92 Å². The Balaban J connectivity index is 2.17. The summed E-state index contributed by atoms with van der Waals surface area (Å²) < 4.78 is 0. The lowest BCUT2D eigenvalue weighted by Crippen LogP contribution is -1.91. The maximum atomic E-state index is 11.9. The Morgan fingerprint density at radius 2 is 1.79 bits per heavy atom. The summed E-state index contributed by atoms with van der Waals surface area (Å²) in [6.45, 7) is 1.97. The fourth-order valence-corrected chi connectivity index (χ4v) is 2.37. The van der Waals surface area contributed by atoms with E-state index >= 15 is 0 Å². The first-order valence-electron chi connectivity index (χ1n) is 5.69. The van der Waals surface area contributed by atoms with Crippen LogP contribution in [0.1, 0.15) is 30.5 Å². The van der Waals surface area contributed by atoms with Gasteiger partial charge in [-0.3, -0.25) is 4.79 Å². The van der Waals surface area contributed by atoms with Gasteiger partial charge < -0.3 is 5.11 Å². The molecule has 2 rings (SSSR count). The number of carboxylic acid groups (broad SMARTS) is 1. The third-order valence-corrected chi connectivity index (χ3v) is 3.75. The molecule has 1 N–H and O–H groups in total. The zero-order valence-corrected chi connectivity index (χ0v) is 11.1. The number of benzene rings is 1. The Bertz CT molecular complexity index is 653. The maximum absolute atomic E-state index is 11.9. The highest BCUT2D eigenvalue weighted by Gasteiger charge is 2.10. The molecule has 0 bridgehead atoms. The van der Waals surface area contributed by atoms with Crippen LogP contribution in [0.4, 0.5) is 0 Å². The summed E-state index contributed by atoms with van der Waals surface area (Å²) in [4.78, 5) is 23.2. The Kier molecular flexibility index (Phi) is 3.92. The first-order chi connectivity index (χ1) is 9.08. The van der Waals surface area contributed by atoms with Crippen molar-refractivity contribution in [1.29, 1.82) is 0 Å². The van der Waals surface area contributed by atoms with Crippen molar-refractivity contribution in [2.24, 2.45) is 0 Å². The third kappa shape index (κ3) is 3.17. The van der Waals surface area contributed by atoms with E-state index < -0.39 is 5.97 Å². The molecule has 0 unspecified atom stereocenters. The molecular weight excluding hydrogens is 260 g/mol. The fraction of sp³-hybridized carbons (Fsp3) is 0.0667. The number of hydrogen-bond donors (Lipinski definition) is 1. The molecule has 2 aromatic rings. The molecule has 1 heterocycles. The molecule has 4 heteroatoms. The summed E-state index contributed by atoms with van der Waals surface area (Å²) in [5, 5.41) is 8.81. The molecular formula is C15H12O3S. The van der Waals surface area contributed by atoms with Gasteiger partial charge in [-0.25, -0.2) is 4.79 Å². The number of carboxylic acids is 1. The summed E-state index contributed by atoms with van der Waals surface area (Å²) in [6.07, 6.45) is 3.22. The van der Waals surface area contributed by atoms with Gasteiger partial charge in [-0.15, -0.1) is 11.3 Å². The molecule has 0 radical (unpaired) electrons. The normalized spacial score (nSPS) is 10.8. The fourth-order valence-electron chi connectivity index (χ4n) is 1.61. The van der Waals surface area contributed by atoms with E-state index in [0.29, 0.717) is 4.88 Å². The van der Waals surface area contributed by atoms with Crippen LogP contribution >= 0.6 is 11.3 Å². The number of carbonyl (C=O) groups is 2. The van der Waals surface area contributed by atoms with Crippen LogP contribution in [0.3, 0.4) is 0 Å². The molecule has 0 amide bonds. The van der Waals surface area contributed by atoms with Gasteiger partial charge >= 0.3 is 5.97 Å². The van der Waals surface area contributed by atoms with Crippen molar-refractivity contribution in [3.8, 4) is 0 Å². The van der Waals surface area contributed by atoms with E-state index in [2.05, 4.69) is 0 Å². The van der Waals surface area contributed by atoms with Gasteiger partial charge in [0.15, 0.2) is 5.78 Å². The number of rotatable bonds is 4. The molecule has 0 fully saturated rings. The SMILES string of the molecule is Cc1ccccc1/C=C/C(=O)c1ccc(C(=O)O)s1. The van der Waals surface area contributed by atoms with E-state index in [0.717, 1.165) is 22.5 Å². The first kappa shape index (κ1) is 13.2.